The maximum Gasteiger partial charge on any atom is 0.161 e. The molecule has 0 spiro atoms. The molecule has 0 bridgehead atoms. The first-order chi connectivity index (χ1) is 7.29. The molecule has 2 aromatic rings. The van der Waals surface area contributed by atoms with Crippen molar-refractivity contribution in [1.82, 2.24) is 4.98 Å². The molecule has 0 radical (unpaired) electrons. The number of rotatable bonds is 4. The van der Waals surface area contributed by atoms with Gasteiger partial charge in [0.2, 0.25) is 0 Å². The Bertz CT molecular complexity index is 480. The standard InChI is InChI=1S/C10H8ClNS3/c1-2-5-13-15-10-12-8-4-3-7(11)6-9(8)14-10/h2-4,6H,1,5H2. The Kier molecular flexibility index (Phi) is 3.97. The van der Waals surface area contributed by atoms with Crippen LogP contribution in [-0.2, 0) is 0 Å². The van der Waals surface area contributed by atoms with Crippen LogP contribution in [0.3, 0.4) is 0 Å². The maximum absolute atomic E-state index is 5.91. The first-order valence-electron chi connectivity index (χ1n) is 4.26. The van der Waals surface area contributed by atoms with Gasteiger partial charge in [-0.15, -0.1) is 17.9 Å². The van der Waals surface area contributed by atoms with Crippen molar-refractivity contribution in [3.05, 3.63) is 35.9 Å². The van der Waals surface area contributed by atoms with Gasteiger partial charge in [0.1, 0.15) is 0 Å². The summed E-state index contributed by atoms with van der Waals surface area (Å²) in [6.45, 7) is 3.68. The number of thiazole rings is 1. The Labute approximate surface area is 105 Å². The third-order valence-electron chi connectivity index (χ3n) is 1.65. The zero-order valence-corrected chi connectivity index (χ0v) is 11.0. The fraction of sp³-hybridized carbons (Fsp3) is 0.100. The van der Waals surface area contributed by atoms with Crippen molar-refractivity contribution >= 4 is 54.7 Å². The van der Waals surface area contributed by atoms with Crippen LogP contribution in [0.15, 0.2) is 35.2 Å². The van der Waals surface area contributed by atoms with Crippen LogP contribution in [0.5, 0.6) is 0 Å². The molecular weight excluding hydrogens is 266 g/mol. The Balaban J connectivity index is 2.19. The van der Waals surface area contributed by atoms with Gasteiger partial charge < -0.3 is 0 Å². The van der Waals surface area contributed by atoms with E-state index in [9.17, 15) is 0 Å². The third-order valence-corrected chi connectivity index (χ3v) is 5.47. The molecule has 0 atom stereocenters. The molecule has 0 N–H and O–H groups in total. The molecule has 1 aromatic carbocycles. The van der Waals surface area contributed by atoms with E-state index in [1.54, 1.807) is 32.9 Å². The van der Waals surface area contributed by atoms with Gasteiger partial charge >= 0.3 is 0 Å². The molecule has 0 amide bonds. The first kappa shape index (κ1) is 11.3. The van der Waals surface area contributed by atoms with Gasteiger partial charge in [0.25, 0.3) is 0 Å². The summed E-state index contributed by atoms with van der Waals surface area (Å²) in [6, 6.07) is 5.78. The lowest BCUT2D eigenvalue weighted by Gasteiger charge is -1.89. The highest BCUT2D eigenvalue weighted by Gasteiger charge is 2.04. The summed E-state index contributed by atoms with van der Waals surface area (Å²) in [5, 5.41) is 0.765. The van der Waals surface area contributed by atoms with Crippen LogP contribution < -0.4 is 0 Å². The van der Waals surface area contributed by atoms with Gasteiger partial charge in [-0.25, -0.2) is 4.98 Å². The van der Waals surface area contributed by atoms with Crippen LogP contribution in [0.25, 0.3) is 10.2 Å². The minimum absolute atomic E-state index is 0.765. The highest BCUT2D eigenvalue weighted by atomic mass is 35.5. The molecule has 0 aliphatic heterocycles. The summed E-state index contributed by atoms with van der Waals surface area (Å²) in [5.41, 5.74) is 1.02. The lowest BCUT2D eigenvalue weighted by molar-refractivity contribution is 1.31. The van der Waals surface area contributed by atoms with Crippen molar-refractivity contribution in [1.29, 1.82) is 0 Å². The van der Waals surface area contributed by atoms with E-state index in [1.165, 1.54) is 0 Å². The first-order valence-corrected chi connectivity index (χ1v) is 7.77. The van der Waals surface area contributed by atoms with E-state index in [1.807, 2.05) is 24.3 Å². The van der Waals surface area contributed by atoms with E-state index in [-0.39, 0.29) is 0 Å². The van der Waals surface area contributed by atoms with Gasteiger partial charge in [-0.1, -0.05) is 28.5 Å². The van der Waals surface area contributed by atoms with Crippen molar-refractivity contribution < 1.29 is 0 Å². The molecular formula is C10H8ClNS3. The molecule has 0 aliphatic rings. The van der Waals surface area contributed by atoms with Gasteiger partial charge in [-0.3, -0.25) is 0 Å². The van der Waals surface area contributed by atoms with Crippen molar-refractivity contribution in [3.63, 3.8) is 0 Å². The number of benzene rings is 1. The number of hydrogen-bond acceptors (Lipinski definition) is 4. The van der Waals surface area contributed by atoms with E-state index in [4.69, 9.17) is 11.6 Å². The second-order valence-electron chi connectivity index (χ2n) is 2.75. The average molecular weight is 274 g/mol. The van der Waals surface area contributed by atoms with Crippen LogP contribution in [0.1, 0.15) is 0 Å². The van der Waals surface area contributed by atoms with E-state index in [0.717, 1.165) is 25.3 Å². The number of nitrogens with zero attached hydrogens (tertiary/aromatic N) is 1. The third kappa shape index (κ3) is 2.91. The van der Waals surface area contributed by atoms with Crippen LogP contribution >= 0.6 is 44.5 Å². The summed E-state index contributed by atoms with van der Waals surface area (Å²) < 4.78 is 2.21. The van der Waals surface area contributed by atoms with E-state index in [0.29, 0.717) is 0 Å². The van der Waals surface area contributed by atoms with Gasteiger partial charge in [-0.2, -0.15) is 0 Å². The lowest BCUT2D eigenvalue weighted by Crippen LogP contribution is -1.68. The SMILES string of the molecule is C=CCSSc1nc2ccc(Cl)cc2s1. The van der Waals surface area contributed by atoms with E-state index in [2.05, 4.69) is 11.6 Å². The van der Waals surface area contributed by atoms with Gasteiger partial charge in [0, 0.05) is 10.8 Å². The summed E-state index contributed by atoms with van der Waals surface area (Å²) in [5.74, 6) is 0.932. The van der Waals surface area contributed by atoms with Gasteiger partial charge in [0.15, 0.2) is 4.34 Å². The van der Waals surface area contributed by atoms with E-state index < -0.39 is 0 Å². The summed E-state index contributed by atoms with van der Waals surface area (Å²) in [4.78, 5) is 4.49. The molecule has 1 heterocycles. The highest BCUT2D eigenvalue weighted by Crippen LogP contribution is 2.37. The van der Waals surface area contributed by atoms with Crippen LogP contribution in [0.2, 0.25) is 5.02 Å². The fourth-order valence-electron chi connectivity index (χ4n) is 1.05. The van der Waals surface area contributed by atoms with Crippen molar-refractivity contribution in [2.24, 2.45) is 0 Å². The summed E-state index contributed by atoms with van der Waals surface area (Å²) in [6.07, 6.45) is 1.89. The number of halogens is 1. The van der Waals surface area contributed by atoms with Gasteiger partial charge in [0.05, 0.1) is 10.2 Å². The van der Waals surface area contributed by atoms with Crippen molar-refractivity contribution in [2.45, 2.75) is 4.34 Å². The minimum Gasteiger partial charge on any atom is -0.229 e. The van der Waals surface area contributed by atoms with Crippen molar-refractivity contribution in [3.8, 4) is 0 Å². The fourth-order valence-corrected chi connectivity index (χ4v) is 4.47. The molecule has 0 saturated heterocycles. The largest absolute Gasteiger partial charge is 0.229 e. The van der Waals surface area contributed by atoms with Gasteiger partial charge in [-0.05, 0) is 29.0 Å². The number of fused-ring (bicyclic) bond motifs is 1. The normalized spacial score (nSPS) is 10.7. The molecule has 0 aliphatic carbocycles. The quantitative estimate of drug-likeness (QED) is 0.448. The smallest absolute Gasteiger partial charge is 0.161 e. The molecule has 78 valence electrons. The Morgan fingerprint density at radius 2 is 2.40 bits per heavy atom. The number of aromatic nitrogens is 1. The molecule has 1 aromatic heterocycles. The Hall–Kier alpha value is -0.160. The molecule has 1 nitrogen and oxygen atoms in total. The maximum atomic E-state index is 5.91. The highest BCUT2D eigenvalue weighted by molar-refractivity contribution is 8.77. The molecule has 2 rings (SSSR count). The predicted octanol–water partition coefficient (Wildman–Crippen LogP) is 4.88. The zero-order chi connectivity index (χ0) is 10.7. The minimum atomic E-state index is 0.765. The lowest BCUT2D eigenvalue weighted by atomic mass is 10.3. The second kappa shape index (κ2) is 5.25. The Morgan fingerprint density at radius 1 is 1.53 bits per heavy atom. The molecule has 15 heavy (non-hydrogen) atoms. The second-order valence-corrected chi connectivity index (χ2v) is 6.80. The molecule has 5 heteroatoms. The summed E-state index contributed by atoms with van der Waals surface area (Å²) >= 11 is 7.58. The van der Waals surface area contributed by atoms with Crippen LogP contribution in [0.4, 0.5) is 0 Å². The monoisotopic (exact) mass is 273 g/mol. The van der Waals surface area contributed by atoms with E-state index >= 15 is 0 Å². The molecule has 0 fully saturated rings. The number of hydrogen-bond donors (Lipinski definition) is 0. The van der Waals surface area contributed by atoms with Crippen LogP contribution in [0, 0.1) is 0 Å². The zero-order valence-electron chi connectivity index (χ0n) is 7.77. The Morgan fingerprint density at radius 3 is 3.20 bits per heavy atom. The predicted molar refractivity (Wildman–Crippen MR) is 73.1 cm³/mol. The molecule has 0 unspecified atom stereocenters. The topological polar surface area (TPSA) is 12.9 Å². The summed E-state index contributed by atoms with van der Waals surface area (Å²) in [7, 11) is 3.43. The van der Waals surface area contributed by atoms with Crippen molar-refractivity contribution in [2.75, 3.05) is 5.75 Å². The van der Waals surface area contributed by atoms with Crippen LogP contribution in [-0.4, -0.2) is 10.7 Å². The average Bonchev–Trinajstić information content (AvgIpc) is 2.60. The molecule has 0 saturated carbocycles.